The van der Waals surface area contributed by atoms with Crippen LogP contribution in [0.4, 0.5) is 0 Å². The summed E-state index contributed by atoms with van der Waals surface area (Å²) in [6, 6.07) is 0. The zero-order valence-electron chi connectivity index (χ0n) is 14.6. The SMILES string of the molecule is CCC=CCC=CCC=CCC=CCC=CCC=CCCC=O. The molecule has 0 atom stereocenters. The smallest absolute Gasteiger partial charge is 0.120 e. The zero-order chi connectivity index (χ0) is 16.8. The maximum Gasteiger partial charge on any atom is 0.120 e. The first-order valence-electron chi connectivity index (χ1n) is 8.75. The quantitative estimate of drug-likeness (QED) is 0.199. The van der Waals surface area contributed by atoms with Crippen molar-refractivity contribution in [2.24, 2.45) is 0 Å². The fraction of sp³-hybridized carbons (Fsp3) is 0.409. The molecule has 0 saturated carbocycles. The van der Waals surface area contributed by atoms with Gasteiger partial charge in [-0.15, -0.1) is 0 Å². The number of hydrogen-bond donors (Lipinski definition) is 0. The molecule has 0 fully saturated rings. The summed E-state index contributed by atoms with van der Waals surface area (Å²) in [7, 11) is 0. The summed E-state index contributed by atoms with van der Waals surface area (Å²) < 4.78 is 0. The lowest BCUT2D eigenvalue weighted by Crippen LogP contribution is -1.70. The van der Waals surface area contributed by atoms with Crippen molar-refractivity contribution in [3.63, 3.8) is 0 Å². The van der Waals surface area contributed by atoms with Crippen LogP contribution in [-0.4, -0.2) is 6.29 Å². The lowest BCUT2D eigenvalue weighted by Gasteiger charge is -1.86. The molecule has 1 heteroatoms. The van der Waals surface area contributed by atoms with Crippen LogP contribution in [0.25, 0.3) is 0 Å². The molecule has 0 aliphatic heterocycles. The summed E-state index contributed by atoms with van der Waals surface area (Å²) in [5.74, 6) is 0. The average molecular weight is 312 g/mol. The van der Waals surface area contributed by atoms with E-state index >= 15 is 0 Å². The number of unbranched alkanes of at least 4 members (excludes halogenated alkanes) is 1. The molecular weight excluding hydrogens is 280 g/mol. The van der Waals surface area contributed by atoms with Gasteiger partial charge in [-0.05, 0) is 44.9 Å². The van der Waals surface area contributed by atoms with Crippen molar-refractivity contribution in [1.29, 1.82) is 0 Å². The highest BCUT2D eigenvalue weighted by atomic mass is 16.1. The topological polar surface area (TPSA) is 17.1 Å². The van der Waals surface area contributed by atoms with Crippen molar-refractivity contribution in [3.8, 4) is 0 Å². The highest BCUT2D eigenvalue weighted by Crippen LogP contribution is 1.97. The second-order valence-corrected chi connectivity index (χ2v) is 5.16. The Hall–Kier alpha value is -1.89. The Morgan fingerprint density at radius 1 is 0.478 bits per heavy atom. The Balaban J connectivity index is 3.49. The fourth-order valence-electron chi connectivity index (χ4n) is 1.80. The van der Waals surface area contributed by atoms with E-state index in [0.717, 1.165) is 51.2 Å². The third-order valence-corrected chi connectivity index (χ3v) is 3.05. The molecular formula is C22H32O. The van der Waals surface area contributed by atoms with Gasteiger partial charge in [0.25, 0.3) is 0 Å². The first-order chi connectivity index (χ1) is 11.4. The number of carbonyl (C=O) groups excluding carboxylic acids is 1. The van der Waals surface area contributed by atoms with Gasteiger partial charge in [-0.1, -0.05) is 79.8 Å². The molecule has 0 aromatic heterocycles. The maximum absolute atomic E-state index is 10.1. The third-order valence-electron chi connectivity index (χ3n) is 3.05. The molecule has 0 bridgehead atoms. The van der Waals surface area contributed by atoms with E-state index in [4.69, 9.17) is 0 Å². The molecule has 0 N–H and O–H groups in total. The molecule has 0 aliphatic carbocycles. The summed E-state index contributed by atoms with van der Waals surface area (Å²) in [5, 5.41) is 0. The van der Waals surface area contributed by atoms with Gasteiger partial charge in [0.1, 0.15) is 6.29 Å². The zero-order valence-corrected chi connectivity index (χ0v) is 14.6. The van der Waals surface area contributed by atoms with Crippen molar-refractivity contribution < 1.29 is 4.79 Å². The normalized spacial score (nSPS) is 13.1. The lowest BCUT2D eigenvalue weighted by molar-refractivity contribution is -0.107. The summed E-state index contributed by atoms with van der Waals surface area (Å²) in [5.41, 5.74) is 0. The highest BCUT2D eigenvalue weighted by molar-refractivity contribution is 5.49. The van der Waals surface area contributed by atoms with Crippen LogP contribution >= 0.6 is 0 Å². The third kappa shape index (κ3) is 20.1. The van der Waals surface area contributed by atoms with Gasteiger partial charge in [-0.3, -0.25) is 0 Å². The summed E-state index contributed by atoms with van der Waals surface area (Å²) in [6.45, 7) is 2.15. The monoisotopic (exact) mass is 312 g/mol. The van der Waals surface area contributed by atoms with Gasteiger partial charge in [0.2, 0.25) is 0 Å². The molecule has 0 saturated heterocycles. The molecule has 1 nitrogen and oxygen atoms in total. The van der Waals surface area contributed by atoms with E-state index in [2.05, 4.69) is 79.8 Å². The van der Waals surface area contributed by atoms with E-state index in [1.807, 2.05) is 0 Å². The number of carbonyl (C=O) groups is 1. The van der Waals surface area contributed by atoms with Gasteiger partial charge in [0.05, 0.1) is 0 Å². The predicted molar refractivity (Wildman–Crippen MR) is 104 cm³/mol. The highest BCUT2D eigenvalue weighted by Gasteiger charge is 1.77. The van der Waals surface area contributed by atoms with E-state index in [9.17, 15) is 4.79 Å². The van der Waals surface area contributed by atoms with E-state index < -0.39 is 0 Å². The largest absolute Gasteiger partial charge is 0.303 e. The molecule has 0 spiro atoms. The molecule has 0 amide bonds. The van der Waals surface area contributed by atoms with Crippen molar-refractivity contribution >= 4 is 6.29 Å². The summed E-state index contributed by atoms with van der Waals surface area (Å²) in [4.78, 5) is 10.1. The predicted octanol–water partition coefficient (Wildman–Crippen LogP) is 6.66. The molecule has 0 unspecified atom stereocenters. The maximum atomic E-state index is 10.1. The number of allylic oxidation sites excluding steroid dienone is 12. The van der Waals surface area contributed by atoms with Crippen LogP contribution in [0.5, 0.6) is 0 Å². The van der Waals surface area contributed by atoms with Crippen LogP contribution in [0.1, 0.15) is 58.3 Å². The minimum Gasteiger partial charge on any atom is -0.303 e. The van der Waals surface area contributed by atoms with Crippen LogP contribution in [0.15, 0.2) is 72.9 Å². The molecule has 0 aliphatic rings. The number of hydrogen-bond acceptors (Lipinski definition) is 1. The van der Waals surface area contributed by atoms with Gasteiger partial charge in [0, 0.05) is 6.42 Å². The van der Waals surface area contributed by atoms with Gasteiger partial charge in [-0.2, -0.15) is 0 Å². The first-order valence-corrected chi connectivity index (χ1v) is 8.75. The Kier molecular flexibility index (Phi) is 18.5. The standard InChI is InChI=1S/C22H32O/c1-2-3-4-5-6-7-8-9-10-11-12-13-14-15-16-17-18-19-20-21-22-23/h3-4,6-7,9-10,12-13,15-16,18-19,22H,2,5,8,11,14,17,20-21H2,1H3. The molecule has 0 aromatic carbocycles. The second kappa shape index (κ2) is 20.1. The van der Waals surface area contributed by atoms with Crippen LogP contribution in [0.3, 0.4) is 0 Å². The minimum absolute atomic E-state index is 0.627. The number of rotatable bonds is 14. The van der Waals surface area contributed by atoms with Crippen molar-refractivity contribution in [1.82, 2.24) is 0 Å². The van der Waals surface area contributed by atoms with E-state index in [-0.39, 0.29) is 0 Å². The van der Waals surface area contributed by atoms with Gasteiger partial charge >= 0.3 is 0 Å². The first kappa shape index (κ1) is 21.1. The van der Waals surface area contributed by atoms with Gasteiger partial charge in [0.15, 0.2) is 0 Å². The van der Waals surface area contributed by atoms with E-state index in [0.29, 0.717) is 6.42 Å². The Bertz CT molecular complexity index is 419. The van der Waals surface area contributed by atoms with Crippen molar-refractivity contribution in [2.45, 2.75) is 58.3 Å². The Morgan fingerprint density at radius 3 is 1.17 bits per heavy atom. The molecule has 0 radical (unpaired) electrons. The summed E-state index contributed by atoms with van der Waals surface area (Å²) >= 11 is 0. The average Bonchev–Trinajstić information content (AvgIpc) is 2.57. The molecule has 0 rings (SSSR count). The molecule has 126 valence electrons. The number of aldehydes is 1. The van der Waals surface area contributed by atoms with E-state index in [1.165, 1.54) is 0 Å². The van der Waals surface area contributed by atoms with Crippen LogP contribution in [0.2, 0.25) is 0 Å². The lowest BCUT2D eigenvalue weighted by atomic mass is 10.2. The van der Waals surface area contributed by atoms with Crippen LogP contribution in [-0.2, 0) is 4.79 Å². The fourth-order valence-corrected chi connectivity index (χ4v) is 1.80. The minimum atomic E-state index is 0.627. The van der Waals surface area contributed by atoms with E-state index in [1.54, 1.807) is 0 Å². The van der Waals surface area contributed by atoms with Crippen molar-refractivity contribution in [3.05, 3.63) is 72.9 Å². The molecule has 0 aromatic rings. The van der Waals surface area contributed by atoms with Gasteiger partial charge < -0.3 is 4.79 Å². The Morgan fingerprint density at radius 2 is 0.826 bits per heavy atom. The van der Waals surface area contributed by atoms with Crippen LogP contribution in [0, 0.1) is 0 Å². The van der Waals surface area contributed by atoms with Crippen molar-refractivity contribution in [2.75, 3.05) is 0 Å². The molecule has 0 heterocycles. The van der Waals surface area contributed by atoms with Crippen LogP contribution < -0.4 is 0 Å². The van der Waals surface area contributed by atoms with Gasteiger partial charge in [-0.25, -0.2) is 0 Å². The Labute approximate surface area is 142 Å². The summed E-state index contributed by atoms with van der Waals surface area (Å²) in [6.07, 6.45) is 34.7. The molecule has 23 heavy (non-hydrogen) atoms. The second-order valence-electron chi connectivity index (χ2n) is 5.16.